The molecule has 2 amide bonds. The number of ether oxygens (including phenoxy) is 1. The first kappa shape index (κ1) is 30.2. The lowest BCUT2D eigenvalue weighted by Gasteiger charge is -2.22. The van der Waals surface area contributed by atoms with E-state index < -0.39 is 5.82 Å². The number of pyridine rings is 1. The van der Waals surface area contributed by atoms with Crippen molar-refractivity contribution in [2.24, 2.45) is 22.7 Å². The average molecular weight is 591 g/mol. The highest BCUT2D eigenvalue weighted by molar-refractivity contribution is 7.20. The number of fused-ring (bicyclic) bond motifs is 1. The maximum Gasteiger partial charge on any atom is 0.319 e. The Bertz CT molecular complexity index is 1430. The number of aliphatic imine (C=N–C) groups is 1. The molecule has 1 aliphatic heterocycles. The van der Waals surface area contributed by atoms with Crippen molar-refractivity contribution in [3.8, 4) is 11.5 Å². The molecule has 3 atom stereocenters. The molecular formula is C34H43FN4O2S. The van der Waals surface area contributed by atoms with Crippen LogP contribution in [0.5, 0.6) is 11.5 Å². The molecule has 1 saturated carbocycles. The Morgan fingerprint density at radius 2 is 2.00 bits per heavy atom. The number of carbonyl (C=O) groups excluding carboxylic acids is 1. The Balaban J connectivity index is 1.19. The Kier molecular flexibility index (Phi) is 10.3. The number of urea groups is 1. The van der Waals surface area contributed by atoms with Gasteiger partial charge < -0.3 is 15.4 Å². The lowest BCUT2D eigenvalue weighted by atomic mass is 9.85. The summed E-state index contributed by atoms with van der Waals surface area (Å²) < 4.78 is 21.8. The van der Waals surface area contributed by atoms with E-state index in [0.29, 0.717) is 17.4 Å². The fourth-order valence-electron chi connectivity index (χ4n) is 5.67. The molecule has 1 aliphatic carbocycles. The van der Waals surface area contributed by atoms with E-state index in [0.717, 1.165) is 51.9 Å². The van der Waals surface area contributed by atoms with E-state index in [1.54, 1.807) is 29.7 Å². The number of rotatable bonds is 14. The molecule has 2 N–H and O–H groups in total. The van der Waals surface area contributed by atoms with Gasteiger partial charge in [0.1, 0.15) is 5.75 Å². The summed E-state index contributed by atoms with van der Waals surface area (Å²) in [6, 6.07) is 8.13. The quantitative estimate of drug-likeness (QED) is 0.196. The van der Waals surface area contributed by atoms with Gasteiger partial charge in [-0.2, -0.15) is 0 Å². The van der Waals surface area contributed by atoms with Crippen molar-refractivity contribution in [2.45, 2.75) is 91.0 Å². The maximum atomic E-state index is 14.9. The summed E-state index contributed by atoms with van der Waals surface area (Å²) in [7, 11) is 0. The molecule has 2 aromatic heterocycles. The Morgan fingerprint density at radius 3 is 2.71 bits per heavy atom. The highest BCUT2D eigenvalue weighted by atomic mass is 32.1. The molecule has 224 valence electrons. The molecule has 2 aliphatic rings. The zero-order valence-corrected chi connectivity index (χ0v) is 25.8. The van der Waals surface area contributed by atoms with Crippen LogP contribution in [0.25, 0.3) is 15.9 Å². The molecule has 8 heteroatoms. The topological polar surface area (TPSA) is 75.6 Å². The van der Waals surface area contributed by atoms with Gasteiger partial charge in [-0.25, -0.2) is 9.18 Å². The number of nitrogens with zero attached hydrogens (tertiary/aromatic N) is 2. The predicted octanol–water partition coefficient (Wildman–Crippen LogP) is 9.97. The number of amides is 2. The number of carbonyl (C=O) groups is 1. The number of allylic oxidation sites excluding steroid dienone is 1. The van der Waals surface area contributed by atoms with E-state index >= 15 is 0 Å². The first-order valence-electron chi connectivity index (χ1n) is 15.6. The van der Waals surface area contributed by atoms with Crippen LogP contribution in [-0.4, -0.2) is 23.3 Å². The summed E-state index contributed by atoms with van der Waals surface area (Å²) in [5.74, 6) is 2.16. The van der Waals surface area contributed by atoms with Crippen LogP contribution in [0, 0.1) is 23.6 Å². The monoisotopic (exact) mass is 590 g/mol. The Hall–Kier alpha value is -3.26. The fourth-order valence-corrected chi connectivity index (χ4v) is 6.73. The molecule has 0 bridgehead atoms. The Labute approximate surface area is 252 Å². The second-order valence-corrected chi connectivity index (χ2v) is 13.0. The number of nitrogens with one attached hydrogen (secondary N) is 2. The number of anilines is 1. The number of halogens is 1. The van der Waals surface area contributed by atoms with Gasteiger partial charge in [0.25, 0.3) is 0 Å². The van der Waals surface area contributed by atoms with E-state index in [9.17, 15) is 9.18 Å². The van der Waals surface area contributed by atoms with Crippen LogP contribution < -0.4 is 15.4 Å². The highest BCUT2D eigenvalue weighted by Gasteiger charge is 2.23. The van der Waals surface area contributed by atoms with Crippen molar-refractivity contribution in [2.75, 3.05) is 5.32 Å². The molecule has 1 aromatic carbocycles. The molecule has 5 rings (SSSR count). The van der Waals surface area contributed by atoms with Crippen molar-refractivity contribution in [3.63, 3.8) is 0 Å². The zero-order valence-electron chi connectivity index (χ0n) is 25.0. The minimum Gasteiger partial charge on any atom is -0.453 e. The summed E-state index contributed by atoms with van der Waals surface area (Å²) in [4.78, 5) is 22.4. The zero-order chi connectivity index (χ0) is 29.5. The summed E-state index contributed by atoms with van der Waals surface area (Å²) in [6.45, 7) is 6.98. The normalized spacial score (nSPS) is 18.0. The molecule has 3 heterocycles. The van der Waals surface area contributed by atoms with E-state index in [4.69, 9.17) is 9.73 Å². The van der Waals surface area contributed by atoms with Crippen LogP contribution in [0.4, 0.5) is 14.9 Å². The third kappa shape index (κ3) is 8.18. The van der Waals surface area contributed by atoms with Crippen LogP contribution in [0.2, 0.25) is 0 Å². The van der Waals surface area contributed by atoms with Gasteiger partial charge in [-0.15, -0.1) is 11.3 Å². The summed E-state index contributed by atoms with van der Waals surface area (Å²) in [5, 5.41) is 5.50. The molecule has 42 heavy (non-hydrogen) atoms. The number of hydrogen-bond donors (Lipinski definition) is 2. The van der Waals surface area contributed by atoms with Gasteiger partial charge in [0.2, 0.25) is 0 Å². The third-order valence-corrected chi connectivity index (χ3v) is 9.45. The molecule has 3 unspecified atom stereocenters. The van der Waals surface area contributed by atoms with Crippen LogP contribution in [0.1, 0.15) is 89.9 Å². The maximum absolute atomic E-state index is 14.9. The summed E-state index contributed by atoms with van der Waals surface area (Å²) >= 11 is 1.56. The molecule has 0 radical (unpaired) electrons. The molecule has 3 aromatic rings. The molecule has 6 nitrogen and oxygen atoms in total. The third-order valence-electron chi connectivity index (χ3n) is 8.29. The molecule has 1 fully saturated rings. The van der Waals surface area contributed by atoms with Gasteiger partial charge in [-0.05, 0) is 61.6 Å². The lowest BCUT2D eigenvalue weighted by Crippen LogP contribution is -2.30. The highest BCUT2D eigenvalue weighted by Crippen LogP contribution is 2.39. The second-order valence-electron chi connectivity index (χ2n) is 12.0. The van der Waals surface area contributed by atoms with Gasteiger partial charge >= 0.3 is 6.03 Å². The van der Waals surface area contributed by atoms with Gasteiger partial charge in [-0.1, -0.05) is 65.4 Å². The SMILES string of the molecule is CCCC(C)CCCC(CC)CC1C=NC(c2cc3nccc(Oc4ccc(NC(=O)NC5CC5)cc4F)c3s2)=CC1. The van der Waals surface area contributed by atoms with Crippen molar-refractivity contribution in [1.29, 1.82) is 0 Å². The smallest absolute Gasteiger partial charge is 0.319 e. The Morgan fingerprint density at radius 1 is 1.14 bits per heavy atom. The summed E-state index contributed by atoms with van der Waals surface area (Å²) in [5.41, 5.74) is 2.14. The summed E-state index contributed by atoms with van der Waals surface area (Å²) in [6.07, 6.45) is 18.1. The van der Waals surface area contributed by atoms with Crippen LogP contribution >= 0.6 is 11.3 Å². The van der Waals surface area contributed by atoms with E-state index in [2.05, 4.69) is 48.7 Å². The van der Waals surface area contributed by atoms with Crippen LogP contribution in [0.15, 0.2) is 47.6 Å². The fraction of sp³-hybridized carbons (Fsp3) is 0.500. The first-order chi connectivity index (χ1) is 20.4. The predicted molar refractivity (Wildman–Crippen MR) is 172 cm³/mol. The van der Waals surface area contributed by atoms with Gasteiger partial charge in [0.05, 0.1) is 20.8 Å². The van der Waals surface area contributed by atoms with Gasteiger partial charge in [-0.3, -0.25) is 9.98 Å². The number of thiophene rings is 1. The van der Waals surface area contributed by atoms with Crippen LogP contribution in [0.3, 0.4) is 0 Å². The van der Waals surface area contributed by atoms with Gasteiger partial charge in [0.15, 0.2) is 11.6 Å². The van der Waals surface area contributed by atoms with Crippen molar-refractivity contribution in [3.05, 3.63) is 53.3 Å². The van der Waals surface area contributed by atoms with E-state index in [1.165, 1.54) is 57.1 Å². The number of aromatic nitrogens is 1. The average Bonchev–Trinajstić information content (AvgIpc) is 3.68. The second kappa shape index (κ2) is 14.3. The largest absolute Gasteiger partial charge is 0.453 e. The van der Waals surface area contributed by atoms with Crippen molar-refractivity contribution in [1.82, 2.24) is 10.3 Å². The lowest BCUT2D eigenvalue weighted by molar-refractivity contribution is 0.251. The van der Waals surface area contributed by atoms with E-state index in [1.807, 2.05) is 6.07 Å². The molecular weight excluding hydrogens is 547 g/mol. The van der Waals surface area contributed by atoms with Gasteiger partial charge in [0, 0.05) is 36.3 Å². The minimum absolute atomic E-state index is 0.0913. The number of benzene rings is 1. The van der Waals surface area contributed by atoms with Crippen molar-refractivity contribution < 1.29 is 13.9 Å². The van der Waals surface area contributed by atoms with E-state index in [-0.39, 0.29) is 17.8 Å². The minimum atomic E-state index is -0.549. The standard InChI is InChI=1S/C34H43FN4O2S/c1-4-7-22(3)8-6-9-23(5-2)18-24-10-14-28(37-21-24)32-20-29-33(42-32)31(16-17-36-29)41-30-15-13-26(19-27(30)35)39-34(40)38-25-11-12-25/h13-17,19-25H,4-12,18H2,1-3H3,(H2,38,39,40). The first-order valence-corrected chi connectivity index (χ1v) is 16.4. The van der Waals surface area contributed by atoms with Crippen LogP contribution in [-0.2, 0) is 0 Å². The molecule has 0 saturated heterocycles. The molecule has 0 spiro atoms. The number of hydrogen-bond acceptors (Lipinski definition) is 5. The van der Waals surface area contributed by atoms with Crippen molar-refractivity contribution >= 4 is 45.2 Å².